The molecule has 1 atom stereocenters. The first-order valence-corrected chi connectivity index (χ1v) is 8.58. The van der Waals surface area contributed by atoms with Gasteiger partial charge in [-0.2, -0.15) is 0 Å². The van der Waals surface area contributed by atoms with E-state index in [1.165, 1.54) is 25.7 Å². The highest BCUT2D eigenvalue weighted by molar-refractivity contribution is 7.99. The predicted molar refractivity (Wildman–Crippen MR) is 77.9 cm³/mol. The summed E-state index contributed by atoms with van der Waals surface area (Å²) in [5, 5.41) is 9.63. The first-order valence-electron chi connectivity index (χ1n) is 7.60. The van der Waals surface area contributed by atoms with E-state index in [0.29, 0.717) is 12.5 Å². The summed E-state index contributed by atoms with van der Waals surface area (Å²) in [6.45, 7) is 1.55. The molecule has 3 rings (SSSR count). The third-order valence-corrected chi connectivity index (χ3v) is 5.08. The second-order valence-corrected chi connectivity index (χ2v) is 6.61. The quantitative estimate of drug-likeness (QED) is 0.597. The zero-order valence-corrected chi connectivity index (χ0v) is 12.9. The molecule has 20 heavy (non-hydrogen) atoms. The molecule has 0 amide bonds. The summed E-state index contributed by atoms with van der Waals surface area (Å²) in [5.74, 6) is 2.68. The number of hydrogen-bond donors (Lipinski definition) is 0. The van der Waals surface area contributed by atoms with Crippen molar-refractivity contribution in [2.45, 2.75) is 55.9 Å². The molecular weight excluding hydrogens is 274 g/mol. The maximum Gasteiger partial charge on any atom is 0.191 e. The Bertz CT molecular complexity index is 428. The Morgan fingerprint density at radius 2 is 2.15 bits per heavy atom. The topological polar surface area (TPSA) is 49.2 Å². The van der Waals surface area contributed by atoms with E-state index in [1.807, 2.05) is 0 Å². The fourth-order valence-electron chi connectivity index (χ4n) is 2.63. The van der Waals surface area contributed by atoms with Crippen LogP contribution in [0.4, 0.5) is 0 Å². The van der Waals surface area contributed by atoms with Crippen LogP contribution >= 0.6 is 11.8 Å². The molecule has 112 valence electrons. The Morgan fingerprint density at radius 1 is 1.25 bits per heavy atom. The van der Waals surface area contributed by atoms with Crippen LogP contribution in [-0.2, 0) is 16.5 Å². The van der Waals surface area contributed by atoms with E-state index in [9.17, 15) is 0 Å². The van der Waals surface area contributed by atoms with Gasteiger partial charge in [-0.3, -0.25) is 0 Å². The van der Waals surface area contributed by atoms with Gasteiger partial charge in [0.25, 0.3) is 0 Å². The summed E-state index contributed by atoms with van der Waals surface area (Å²) in [6.07, 6.45) is 7.27. The summed E-state index contributed by atoms with van der Waals surface area (Å²) in [5.41, 5.74) is 0. The Balaban J connectivity index is 1.40. The van der Waals surface area contributed by atoms with E-state index in [2.05, 4.69) is 21.8 Å². The number of thioether (sulfide) groups is 1. The molecule has 1 aromatic heterocycles. The van der Waals surface area contributed by atoms with Gasteiger partial charge in [-0.1, -0.05) is 18.2 Å². The van der Waals surface area contributed by atoms with Crippen LogP contribution in [0.1, 0.15) is 50.3 Å². The van der Waals surface area contributed by atoms with Gasteiger partial charge in [0.1, 0.15) is 5.82 Å². The van der Waals surface area contributed by atoms with Crippen LogP contribution in [0.15, 0.2) is 5.16 Å². The lowest BCUT2D eigenvalue weighted by atomic mass is 9.85. The number of nitrogens with zero attached hydrogens (tertiary/aromatic N) is 3. The van der Waals surface area contributed by atoms with E-state index in [1.54, 1.807) is 11.8 Å². The van der Waals surface area contributed by atoms with Crippen LogP contribution in [0, 0.1) is 0 Å². The first-order chi connectivity index (χ1) is 9.84. The third-order valence-electron chi connectivity index (χ3n) is 4.10. The monoisotopic (exact) mass is 297 g/mol. The maximum absolute atomic E-state index is 5.73. The van der Waals surface area contributed by atoms with E-state index in [-0.39, 0.29) is 6.29 Å². The summed E-state index contributed by atoms with van der Waals surface area (Å²) in [6, 6.07) is 0. The molecule has 0 bridgehead atoms. The molecule has 2 fully saturated rings. The van der Waals surface area contributed by atoms with Gasteiger partial charge in [-0.15, -0.1) is 10.2 Å². The smallest absolute Gasteiger partial charge is 0.191 e. The van der Waals surface area contributed by atoms with E-state index in [4.69, 9.17) is 9.47 Å². The average Bonchev–Trinajstić information content (AvgIpc) is 2.76. The van der Waals surface area contributed by atoms with E-state index >= 15 is 0 Å². The van der Waals surface area contributed by atoms with Crippen molar-refractivity contribution in [3.63, 3.8) is 0 Å². The Hall–Kier alpha value is -0.590. The molecule has 0 aromatic carbocycles. The molecule has 6 heteroatoms. The van der Waals surface area contributed by atoms with Crippen molar-refractivity contribution in [1.29, 1.82) is 0 Å². The van der Waals surface area contributed by atoms with Gasteiger partial charge < -0.3 is 14.0 Å². The van der Waals surface area contributed by atoms with Crippen molar-refractivity contribution >= 4 is 11.8 Å². The zero-order chi connectivity index (χ0) is 13.8. The predicted octanol–water partition coefficient (Wildman–Crippen LogP) is 2.72. The van der Waals surface area contributed by atoms with Crippen LogP contribution < -0.4 is 0 Å². The molecule has 2 aliphatic rings. The van der Waals surface area contributed by atoms with Crippen LogP contribution in [0.25, 0.3) is 0 Å². The van der Waals surface area contributed by atoms with Crippen molar-refractivity contribution in [2.24, 2.45) is 7.05 Å². The zero-order valence-electron chi connectivity index (χ0n) is 12.1. The molecule has 2 heterocycles. The second-order valence-electron chi connectivity index (χ2n) is 5.54. The molecule has 0 radical (unpaired) electrons. The fraction of sp³-hybridized carbons (Fsp3) is 0.857. The lowest BCUT2D eigenvalue weighted by Crippen LogP contribution is -2.23. The Kier molecular flexibility index (Phi) is 4.96. The number of hydrogen-bond acceptors (Lipinski definition) is 5. The van der Waals surface area contributed by atoms with Crippen LogP contribution in [0.2, 0.25) is 0 Å². The molecule has 1 saturated heterocycles. The standard InChI is InChI=1S/C14H23N3O2S/c1-17-13(11-5-4-6-11)15-16-14(17)20-10-9-19-12-7-2-3-8-18-12/h11-12H,2-10H2,1H3. The Morgan fingerprint density at radius 3 is 2.85 bits per heavy atom. The average molecular weight is 297 g/mol. The normalized spacial score (nSPS) is 23.8. The molecule has 5 nitrogen and oxygen atoms in total. The fourth-order valence-corrected chi connectivity index (χ4v) is 3.38. The minimum absolute atomic E-state index is 0.00869. The largest absolute Gasteiger partial charge is 0.353 e. The molecular formula is C14H23N3O2S. The molecule has 1 aromatic rings. The Labute approximate surface area is 124 Å². The molecule has 1 aliphatic carbocycles. The highest BCUT2D eigenvalue weighted by Gasteiger charge is 2.25. The number of rotatable bonds is 6. The lowest BCUT2D eigenvalue weighted by molar-refractivity contribution is -0.158. The molecule has 0 spiro atoms. The molecule has 1 saturated carbocycles. The summed E-state index contributed by atoms with van der Waals surface area (Å²) in [4.78, 5) is 0. The van der Waals surface area contributed by atoms with E-state index < -0.39 is 0 Å². The molecule has 1 aliphatic heterocycles. The summed E-state index contributed by atoms with van der Waals surface area (Å²) >= 11 is 1.72. The van der Waals surface area contributed by atoms with Gasteiger partial charge in [0.2, 0.25) is 0 Å². The first kappa shape index (κ1) is 14.4. The highest BCUT2D eigenvalue weighted by atomic mass is 32.2. The minimum atomic E-state index is 0.00869. The molecule has 0 N–H and O–H groups in total. The van der Waals surface area contributed by atoms with Crippen molar-refractivity contribution in [1.82, 2.24) is 14.8 Å². The SMILES string of the molecule is Cn1c(SCCOC2CCCCO2)nnc1C1CCC1. The maximum atomic E-state index is 5.73. The van der Waals surface area contributed by atoms with Gasteiger partial charge in [0.15, 0.2) is 11.4 Å². The number of aromatic nitrogens is 3. The second kappa shape index (κ2) is 6.91. The van der Waals surface area contributed by atoms with Crippen LogP contribution in [0.3, 0.4) is 0 Å². The summed E-state index contributed by atoms with van der Waals surface area (Å²) in [7, 11) is 2.07. The van der Waals surface area contributed by atoms with Gasteiger partial charge in [0.05, 0.1) is 6.61 Å². The van der Waals surface area contributed by atoms with Crippen molar-refractivity contribution in [3.8, 4) is 0 Å². The van der Waals surface area contributed by atoms with Crippen LogP contribution in [-0.4, -0.2) is 40.0 Å². The van der Waals surface area contributed by atoms with Gasteiger partial charge >= 0.3 is 0 Å². The lowest BCUT2D eigenvalue weighted by Gasteiger charge is -2.24. The van der Waals surface area contributed by atoms with Gasteiger partial charge in [-0.25, -0.2) is 0 Å². The van der Waals surface area contributed by atoms with Crippen LogP contribution in [0.5, 0.6) is 0 Å². The van der Waals surface area contributed by atoms with Crippen molar-refractivity contribution < 1.29 is 9.47 Å². The third kappa shape index (κ3) is 3.35. The van der Waals surface area contributed by atoms with Gasteiger partial charge in [-0.05, 0) is 32.1 Å². The van der Waals surface area contributed by atoms with Crippen molar-refractivity contribution in [3.05, 3.63) is 5.82 Å². The van der Waals surface area contributed by atoms with Gasteiger partial charge in [0, 0.05) is 25.3 Å². The summed E-state index contributed by atoms with van der Waals surface area (Å²) < 4.78 is 13.4. The molecule has 1 unspecified atom stereocenters. The number of ether oxygens (including phenoxy) is 2. The van der Waals surface area contributed by atoms with E-state index in [0.717, 1.165) is 36.2 Å². The highest BCUT2D eigenvalue weighted by Crippen LogP contribution is 2.35. The van der Waals surface area contributed by atoms with Crippen molar-refractivity contribution in [2.75, 3.05) is 19.0 Å². The minimum Gasteiger partial charge on any atom is -0.353 e.